The highest BCUT2D eigenvalue weighted by atomic mass is 16.5. The number of nitrogens with zero attached hydrogens (tertiary/aromatic N) is 1. The number of aryl methyl sites for hydroxylation is 2. The maximum absolute atomic E-state index is 5.44. The van der Waals surface area contributed by atoms with Crippen molar-refractivity contribution >= 4 is 0 Å². The summed E-state index contributed by atoms with van der Waals surface area (Å²) in [5, 5.41) is 3.54. The molecule has 0 unspecified atom stereocenters. The fourth-order valence-corrected chi connectivity index (χ4v) is 3.60. The predicted octanol–water partition coefficient (Wildman–Crippen LogP) is 3.43. The first-order chi connectivity index (χ1) is 12.7. The Morgan fingerprint density at radius 1 is 0.923 bits per heavy atom. The highest BCUT2D eigenvalue weighted by molar-refractivity contribution is 5.43. The molecular formula is C22H30N2O2. The van der Waals surface area contributed by atoms with E-state index in [1.165, 1.54) is 27.8 Å². The molecule has 4 heteroatoms. The second kappa shape index (κ2) is 9.17. The van der Waals surface area contributed by atoms with Gasteiger partial charge in [-0.05, 0) is 41.7 Å². The fourth-order valence-electron chi connectivity index (χ4n) is 3.60. The topological polar surface area (TPSA) is 33.7 Å². The van der Waals surface area contributed by atoms with Gasteiger partial charge < -0.3 is 14.8 Å². The Balaban J connectivity index is 1.49. The van der Waals surface area contributed by atoms with Crippen LogP contribution >= 0.6 is 0 Å². The Morgan fingerprint density at radius 3 is 2.12 bits per heavy atom. The molecular weight excluding hydrogens is 324 g/mol. The molecule has 1 fully saturated rings. The number of rotatable bonds is 7. The van der Waals surface area contributed by atoms with E-state index in [0.717, 1.165) is 51.7 Å². The lowest BCUT2D eigenvalue weighted by Gasteiger charge is -2.26. The summed E-state index contributed by atoms with van der Waals surface area (Å²) in [6, 6.07) is 13.3. The Hall–Kier alpha value is -1.88. The molecule has 0 aromatic heterocycles. The number of benzene rings is 2. The minimum Gasteiger partial charge on any atom is -0.496 e. The molecule has 3 rings (SSSR count). The summed E-state index contributed by atoms with van der Waals surface area (Å²) >= 11 is 0. The minimum absolute atomic E-state index is 0.853. The van der Waals surface area contributed by atoms with Crippen LogP contribution < -0.4 is 10.1 Å². The lowest BCUT2D eigenvalue weighted by atomic mass is 10.1. The first kappa shape index (κ1) is 18.9. The summed E-state index contributed by atoms with van der Waals surface area (Å²) in [5.74, 6) is 0.990. The first-order valence-corrected chi connectivity index (χ1v) is 9.38. The van der Waals surface area contributed by atoms with Gasteiger partial charge in [0.15, 0.2) is 0 Å². The lowest BCUT2D eigenvalue weighted by molar-refractivity contribution is 0.0342. The molecule has 1 aliphatic rings. The van der Waals surface area contributed by atoms with Crippen LogP contribution in [0.25, 0.3) is 0 Å². The molecule has 0 saturated carbocycles. The lowest BCUT2D eigenvalue weighted by Crippen LogP contribution is -2.35. The summed E-state index contributed by atoms with van der Waals surface area (Å²) in [7, 11) is 1.73. The van der Waals surface area contributed by atoms with Crippen molar-refractivity contribution in [2.24, 2.45) is 0 Å². The van der Waals surface area contributed by atoms with Gasteiger partial charge in [-0.3, -0.25) is 4.90 Å². The van der Waals surface area contributed by atoms with Crippen molar-refractivity contribution in [2.75, 3.05) is 33.4 Å². The molecule has 1 heterocycles. The predicted molar refractivity (Wildman–Crippen MR) is 106 cm³/mol. The third-order valence-electron chi connectivity index (χ3n) is 4.92. The second-order valence-corrected chi connectivity index (χ2v) is 7.07. The monoisotopic (exact) mass is 354 g/mol. The van der Waals surface area contributed by atoms with Crippen molar-refractivity contribution in [1.29, 1.82) is 0 Å². The molecule has 1 N–H and O–H groups in total. The van der Waals surface area contributed by atoms with Gasteiger partial charge in [0.2, 0.25) is 0 Å². The summed E-state index contributed by atoms with van der Waals surface area (Å²) in [4.78, 5) is 2.45. The third kappa shape index (κ3) is 5.07. The quantitative estimate of drug-likeness (QED) is 0.826. The number of hydrogen-bond donors (Lipinski definition) is 1. The van der Waals surface area contributed by atoms with Gasteiger partial charge in [0, 0.05) is 32.7 Å². The van der Waals surface area contributed by atoms with E-state index in [-0.39, 0.29) is 0 Å². The van der Waals surface area contributed by atoms with Crippen LogP contribution in [0.1, 0.15) is 27.8 Å². The van der Waals surface area contributed by atoms with Gasteiger partial charge in [-0.15, -0.1) is 0 Å². The molecule has 140 valence electrons. The molecule has 26 heavy (non-hydrogen) atoms. The number of morpholine rings is 1. The zero-order valence-corrected chi connectivity index (χ0v) is 16.2. The Labute approximate surface area is 157 Å². The standard InChI is InChI=1S/C22H30N2O2/c1-17-12-21(13-18(2)22(17)25-3)15-23-14-19-4-6-20(7-5-19)16-24-8-10-26-11-9-24/h4-7,12-13,23H,8-11,14-16H2,1-3H3. The van der Waals surface area contributed by atoms with E-state index in [9.17, 15) is 0 Å². The molecule has 0 bridgehead atoms. The molecule has 0 amide bonds. The zero-order chi connectivity index (χ0) is 18.4. The van der Waals surface area contributed by atoms with Crippen LogP contribution in [0.3, 0.4) is 0 Å². The largest absolute Gasteiger partial charge is 0.496 e. The highest BCUT2D eigenvalue weighted by Gasteiger charge is 2.10. The maximum Gasteiger partial charge on any atom is 0.124 e. The smallest absolute Gasteiger partial charge is 0.124 e. The molecule has 0 radical (unpaired) electrons. The van der Waals surface area contributed by atoms with Crippen molar-refractivity contribution in [3.05, 3.63) is 64.2 Å². The Bertz CT molecular complexity index is 684. The van der Waals surface area contributed by atoms with E-state index in [4.69, 9.17) is 9.47 Å². The van der Waals surface area contributed by atoms with Crippen LogP contribution in [-0.4, -0.2) is 38.3 Å². The van der Waals surface area contributed by atoms with E-state index in [0.29, 0.717) is 0 Å². The van der Waals surface area contributed by atoms with Gasteiger partial charge in [-0.25, -0.2) is 0 Å². The van der Waals surface area contributed by atoms with E-state index in [2.05, 4.69) is 60.5 Å². The average Bonchev–Trinajstić information content (AvgIpc) is 2.64. The summed E-state index contributed by atoms with van der Waals surface area (Å²) < 4.78 is 10.8. The van der Waals surface area contributed by atoms with Crippen molar-refractivity contribution in [2.45, 2.75) is 33.5 Å². The van der Waals surface area contributed by atoms with Crippen LogP contribution in [0.5, 0.6) is 5.75 Å². The molecule has 2 aromatic carbocycles. The van der Waals surface area contributed by atoms with Crippen molar-refractivity contribution in [3.8, 4) is 5.75 Å². The number of hydrogen-bond acceptors (Lipinski definition) is 4. The summed E-state index contributed by atoms with van der Waals surface area (Å²) in [6.45, 7) is 10.7. The van der Waals surface area contributed by atoms with E-state index in [1.807, 2.05) is 0 Å². The van der Waals surface area contributed by atoms with E-state index < -0.39 is 0 Å². The zero-order valence-electron chi connectivity index (χ0n) is 16.2. The molecule has 0 atom stereocenters. The minimum atomic E-state index is 0.853. The van der Waals surface area contributed by atoms with E-state index >= 15 is 0 Å². The number of nitrogens with one attached hydrogen (secondary N) is 1. The third-order valence-corrected chi connectivity index (χ3v) is 4.92. The maximum atomic E-state index is 5.44. The van der Waals surface area contributed by atoms with Crippen molar-refractivity contribution in [3.63, 3.8) is 0 Å². The van der Waals surface area contributed by atoms with Crippen LogP contribution in [0.15, 0.2) is 36.4 Å². The average molecular weight is 354 g/mol. The van der Waals surface area contributed by atoms with Crippen LogP contribution in [0.4, 0.5) is 0 Å². The van der Waals surface area contributed by atoms with Crippen LogP contribution in [0.2, 0.25) is 0 Å². The van der Waals surface area contributed by atoms with E-state index in [1.54, 1.807) is 7.11 Å². The van der Waals surface area contributed by atoms with Gasteiger partial charge in [0.05, 0.1) is 20.3 Å². The molecule has 0 aliphatic carbocycles. The highest BCUT2D eigenvalue weighted by Crippen LogP contribution is 2.24. The number of methoxy groups -OCH3 is 1. The SMILES string of the molecule is COc1c(C)cc(CNCc2ccc(CN3CCOCC3)cc2)cc1C. The molecule has 4 nitrogen and oxygen atoms in total. The first-order valence-electron chi connectivity index (χ1n) is 9.38. The fraction of sp³-hybridized carbons (Fsp3) is 0.455. The normalized spacial score (nSPS) is 15.2. The van der Waals surface area contributed by atoms with Gasteiger partial charge in [0.1, 0.15) is 5.75 Å². The number of ether oxygens (including phenoxy) is 2. The van der Waals surface area contributed by atoms with Crippen LogP contribution in [-0.2, 0) is 24.4 Å². The van der Waals surface area contributed by atoms with Crippen LogP contribution in [0, 0.1) is 13.8 Å². The van der Waals surface area contributed by atoms with Crippen molar-refractivity contribution in [1.82, 2.24) is 10.2 Å². The molecule has 1 aliphatic heterocycles. The van der Waals surface area contributed by atoms with Gasteiger partial charge in [-0.1, -0.05) is 36.4 Å². The van der Waals surface area contributed by atoms with Gasteiger partial charge in [0.25, 0.3) is 0 Å². The van der Waals surface area contributed by atoms with Crippen molar-refractivity contribution < 1.29 is 9.47 Å². The van der Waals surface area contributed by atoms with Gasteiger partial charge in [-0.2, -0.15) is 0 Å². The molecule has 2 aromatic rings. The Kier molecular flexibility index (Phi) is 6.67. The Morgan fingerprint density at radius 2 is 1.50 bits per heavy atom. The van der Waals surface area contributed by atoms with Gasteiger partial charge >= 0.3 is 0 Å². The molecule has 1 saturated heterocycles. The second-order valence-electron chi connectivity index (χ2n) is 7.07. The summed E-state index contributed by atoms with van der Waals surface area (Å²) in [5.41, 5.74) is 6.37. The summed E-state index contributed by atoms with van der Waals surface area (Å²) in [6.07, 6.45) is 0. The molecule has 0 spiro atoms.